The van der Waals surface area contributed by atoms with Gasteiger partial charge in [-0.05, 0) is 63.3 Å². The van der Waals surface area contributed by atoms with E-state index >= 15 is 0 Å². The molecular weight excluding hydrogens is 304 g/mol. The van der Waals surface area contributed by atoms with E-state index in [1.807, 2.05) is 37.3 Å². The third-order valence-electron chi connectivity index (χ3n) is 5.86. The fourth-order valence-electron chi connectivity index (χ4n) is 4.37. The van der Waals surface area contributed by atoms with Crippen LogP contribution in [0.2, 0.25) is 0 Å². The van der Waals surface area contributed by atoms with Crippen molar-refractivity contribution in [3.63, 3.8) is 0 Å². The zero-order valence-electron chi connectivity index (χ0n) is 13.6. The SMILES string of the molecule is Cc1ccc2cc(NC(=O)C34CCC(C(=O)O)(CC3)C4)ccc2n1. The minimum Gasteiger partial charge on any atom is -0.481 e. The van der Waals surface area contributed by atoms with Crippen LogP contribution in [0.5, 0.6) is 0 Å². The summed E-state index contributed by atoms with van der Waals surface area (Å²) in [7, 11) is 0. The zero-order valence-corrected chi connectivity index (χ0v) is 13.6. The van der Waals surface area contributed by atoms with Gasteiger partial charge in [0.25, 0.3) is 0 Å². The fraction of sp³-hybridized carbons (Fsp3) is 0.421. The number of carboxylic acids is 1. The topological polar surface area (TPSA) is 79.3 Å². The molecule has 5 heteroatoms. The lowest BCUT2D eigenvalue weighted by Crippen LogP contribution is -2.32. The molecule has 1 heterocycles. The molecule has 0 atom stereocenters. The van der Waals surface area contributed by atoms with Crippen molar-refractivity contribution in [2.24, 2.45) is 10.8 Å². The second kappa shape index (κ2) is 5.03. The minimum atomic E-state index is -0.748. The molecule has 4 rings (SSSR count). The number of amides is 1. The summed E-state index contributed by atoms with van der Waals surface area (Å²) in [5, 5.41) is 13.5. The molecule has 2 saturated carbocycles. The van der Waals surface area contributed by atoms with Gasteiger partial charge in [-0.25, -0.2) is 0 Å². The Bertz CT molecular complexity index is 851. The predicted molar refractivity (Wildman–Crippen MR) is 90.7 cm³/mol. The van der Waals surface area contributed by atoms with Gasteiger partial charge in [-0.15, -0.1) is 0 Å². The van der Waals surface area contributed by atoms with Gasteiger partial charge >= 0.3 is 5.97 Å². The van der Waals surface area contributed by atoms with E-state index in [1.165, 1.54) is 0 Å². The van der Waals surface area contributed by atoms with Gasteiger partial charge in [-0.1, -0.05) is 6.07 Å². The van der Waals surface area contributed by atoms with Crippen LogP contribution >= 0.6 is 0 Å². The van der Waals surface area contributed by atoms with Crippen LogP contribution in [0, 0.1) is 17.8 Å². The van der Waals surface area contributed by atoms with Gasteiger partial charge in [0.1, 0.15) is 0 Å². The van der Waals surface area contributed by atoms with Crippen LogP contribution in [-0.2, 0) is 9.59 Å². The number of nitrogens with one attached hydrogen (secondary N) is 1. The molecule has 2 fully saturated rings. The maximum Gasteiger partial charge on any atom is 0.309 e. The lowest BCUT2D eigenvalue weighted by atomic mass is 9.81. The number of aromatic nitrogens is 1. The number of hydrogen-bond acceptors (Lipinski definition) is 3. The lowest BCUT2D eigenvalue weighted by molar-refractivity contribution is -0.148. The number of benzene rings is 1. The first-order chi connectivity index (χ1) is 11.4. The summed E-state index contributed by atoms with van der Waals surface area (Å²) < 4.78 is 0. The van der Waals surface area contributed by atoms with Gasteiger partial charge in [0.2, 0.25) is 5.91 Å². The van der Waals surface area contributed by atoms with Crippen molar-refractivity contribution in [1.29, 1.82) is 0 Å². The minimum absolute atomic E-state index is 0.0393. The highest BCUT2D eigenvalue weighted by Gasteiger charge is 2.61. The predicted octanol–water partition coefficient (Wildman–Crippen LogP) is 3.52. The van der Waals surface area contributed by atoms with Crippen molar-refractivity contribution in [2.75, 3.05) is 5.32 Å². The Balaban J connectivity index is 1.57. The Morgan fingerprint density at radius 3 is 2.46 bits per heavy atom. The Hall–Kier alpha value is -2.43. The molecule has 2 aliphatic rings. The van der Waals surface area contributed by atoms with Gasteiger partial charge in [-0.2, -0.15) is 0 Å². The summed E-state index contributed by atoms with van der Waals surface area (Å²) >= 11 is 0. The van der Waals surface area contributed by atoms with Crippen molar-refractivity contribution in [3.05, 3.63) is 36.0 Å². The molecule has 1 aromatic carbocycles. The van der Waals surface area contributed by atoms with Crippen LogP contribution in [0.1, 0.15) is 37.8 Å². The maximum absolute atomic E-state index is 12.8. The maximum atomic E-state index is 12.8. The monoisotopic (exact) mass is 324 g/mol. The number of anilines is 1. The number of aliphatic carboxylic acids is 1. The summed E-state index contributed by atoms with van der Waals surface area (Å²) in [6.07, 6.45) is 3.02. The number of carboxylic acid groups (broad SMARTS) is 1. The fourth-order valence-corrected chi connectivity index (χ4v) is 4.37. The van der Waals surface area contributed by atoms with Crippen molar-refractivity contribution in [3.8, 4) is 0 Å². The van der Waals surface area contributed by atoms with Crippen LogP contribution in [-0.4, -0.2) is 22.0 Å². The largest absolute Gasteiger partial charge is 0.481 e. The highest BCUT2D eigenvalue weighted by atomic mass is 16.4. The number of hydrogen-bond donors (Lipinski definition) is 2. The van der Waals surface area contributed by atoms with E-state index in [4.69, 9.17) is 0 Å². The summed E-state index contributed by atoms with van der Waals surface area (Å²) in [4.78, 5) is 28.8. The molecule has 5 nitrogen and oxygen atoms in total. The van der Waals surface area contributed by atoms with E-state index in [9.17, 15) is 14.7 Å². The molecule has 0 spiro atoms. The molecule has 0 aliphatic heterocycles. The smallest absolute Gasteiger partial charge is 0.309 e. The second-order valence-corrected chi connectivity index (χ2v) is 7.36. The first kappa shape index (κ1) is 15.1. The molecule has 1 amide bonds. The highest BCUT2D eigenvalue weighted by Crippen LogP contribution is 2.62. The summed E-state index contributed by atoms with van der Waals surface area (Å²) in [5.41, 5.74) is 1.41. The lowest BCUT2D eigenvalue weighted by Gasteiger charge is -2.25. The average Bonchev–Trinajstić information content (AvgIpc) is 3.14. The van der Waals surface area contributed by atoms with Crippen LogP contribution in [0.15, 0.2) is 30.3 Å². The van der Waals surface area contributed by atoms with Crippen LogP contribution in [0.4, 0.5) is 5.69 Å². The van der Waals surface area contributed by atoms with Crippen molar-refractivity contribution < 1.29 is 14.7 Å². The number of fused-ring (bicyclic) bond motifs is 3. The number of carbonyl (C=O) groups is 2. The molecular formula is C19H20N2O3. The standard InChI is InChI=1S/C19H20N2O3/c1-12-2-3-13-10-14(4-5-15(13)20-12)21-16(22)18-6-8-19(11-18,9-7-18)17(23)24/h2-5,10H,6-9,11H2,1H3,(H,21,22)(H,23,24). The third-order valence-corrected chi connectivity index (χ3v) is 5.86. The van der Waals surface area contributed by atoms with E-state index in [-0.39, 0.29) is 5.91 Å². The number of carbonyl (C=O) groups excluding carboxylic acids is 1. The Morgan fingerprint density at radius 2 is 1.79 bits per heavy atom. The normalized spacial score (nSPS) is 28.2. The Kier molecular flexibility index (Phi) is 3.17. The summed E-state index contributed by atoms with van der Waals surface area (Å²) in [6.45, 7) is 1.95. The zero-order chi connectivity index (χ0) is 16.9. The van der Waals surface area contributed by atoms with Crippen molar-refractivity contribution in [2.45, 2.75) is 39.0 Å². The molecule has 1 aromatic heterocycles. The molecule has 0 radical (unpaired) electrons. The molecule has 124 valence electrons. The number of pyridine rings is 1. The third kappa shape index (κ3) is 2.19. The van der Waals surface area contributed by atoms with E-state index in [1.54, 1.807) is 0 Å². The Morgan fingerprint density at radius 1 is 1.08 bits per heavy atom. The average molecular weight is 324 g/mol. The van der Waals surface area contributed by atoms with Crippen molar-refractivity contribution >= 4 is 28.5 Å². The van der Waals surface area contributed by atoms with Gasteiger partial charge < -0.3 is 10.4 Å². The van der Waals surface area contributed by atoms with E-state index < -0.39 is 16.8 Å². The number of nitrogens with zero attached hydrogens (tertiary/aromatic N) is 1. The molecule has 2 N–H and O–H groups in total. The van der Waals surface area contributed by atoms with E-state index in [2.05, 4.69) is 10.3 Å². The summed E-state index contributed by atoms with van der Waals surface area (Å²) in [6, 6.07) is 9.62. The van der Waals surface area contributed by atoms with E-state index in [0.29, 0.717) is 32.1 Å². The number of aryl methyl sites for hydroxylation is 1. The highest BCUT2D eigenvalue weighted by molar-refractivity contribution is 5.98. The van der Waals surface area contributed by atoms with Gasteiger partial charge in [0.05, 0.1) is 16.3 Å². The molecule has 0 saturated heterocycles. The first-order valence-electron chi connectivity index (χ1n) is 8.35. The van der Waals surface area contributed by atoms with Crippen LogP contribution < -0.4 is 5.32 Å². The molecule has 24 heavy (non-hydrogen) atoms. The Labute approximate surface area is 140 Å². The van der Waals surface area contributed by atoms with Gasteiger partial charge in [0.15, 0.2) is 0 Å². The first-order valence-corrected chi connectivity index (χ1v) is 8.35. The number of rotatable bonds is 3. The van der Waals surface area contributed by atoms with Crippen LogP contribution in [0.25, 0.3) is 10.9 Å². The molecule has 0 unspecified atom stereocenters. The molecule has 2 aliphatic carbocycles. The molecule has 2 aromatic rings. The molecule has 2 bridgehead atoms. The van der Waals surface area contributed by atoms with E-state index in [0.717, 1.165) is 22.3 Å². The van der Waals surface area contributed by atoms with Gasteiger partial charge in [0, 0.05) is 16.8 Å². The van der Waals surface area contributed by atoms with Crippen molar-refractivity contribution in [1.82, 2.24) is 4.98 Å². The second-order valence-electron chi connectivity index (χ2n) is 7.36. The summed E-state index contributed by atoms with van der Waals surface area (Å²) in [5.74, 6) is -0.788. The quantitative estimate of drug-likeness (QED) is 0.905. The van der Waals surface area contributed by atoms with Gasteiger partial charge in [-0.3, -0.25) is 14.6 Å². The van der Waals surface area contributed by atoms with Crippen LogP contribution in [0.3, 0.4) is 0 Å².